The summed E-state index contributed by atoms with van der Waals surface area (Å²) in [5.74, 6) is 0. The van der Waals surface area contributed by atoms with Gasteiger partial charge in [0.1, 0.15) is 11.7 Å². The Morgan fingerprint density at radius 3 is 2.58 bits per heavy atom. The molecule has 0 saturated carbocycles. The van der Waals surface area contributed by atoms with Crippen LogP contribution in [-0.2, 0) is 6.42 Å². The van der Waals surface area contributed by atoms with E-state index in [1.165, 1.54) is 4.90 Å². The quantitative estimate of drug-likeness (QED) is 0.556. The van der Waals surface area contributed by atoms with Crippen LogP contribution < -0.4 is 5.56 Å². The molecule has 4 nitrogen and oxygen atoms in total. The van der Waals surface area contributed by atoms with Crippen LogP contribution in [0.1, 0.15) is 22.3 Å². The van der Waals surface area contributed by atoms with E-state index in [-0.39, 0.29) is 5.56 Å². The molecule has 0 atom stereocenters. The van der Waals surface area contributed by atoms with Gasteiger partial charge in [0.25, 0.3) is 5.56 Å². The molecule has 5 heteroatoms. The number of nitrogens with zero attached hydrogens (tertiary/aromatic N) is 2. The summed E-state index contributed by atoms with van der Waals surface area (Å²) in [7, 11) is 0. The number of thioether (sulfide) groups is 1. The maximum Gasteiger partial charge on any atom is 0.260 e. The normalized spacial score (nSPS) is 11.1. The van der Waals surface area contributed by atoms with Crippen molar-refractivity contribution in [1.82, 2.24) is 9.38 Å². The second kappa shape index (κ2) is 6.40. The van der Waals surface area contributed by atoms with E-state index >= 15 is 0 Å². The van der Waals surface area contributed by atoms with Gasteiger partial charge in [-0.1, -0.05) is 24.3 Å². The second-order valence-electron chi connectivity index (χ2n) is 6.25. The predicted molar refractivity (Wildman–Crippen MR) is 106 cm³/mol. The van der Waals surface area contributed by atoms with Gasteiger partial charge in [-0.05, 0) is 48.6 Å². The van der Waals surface area contributed by atoms with E-state index in [9.17, 15) is 10.1 Å². The minimum absolute atomic E-state index is 0.0668. The molecule has 0 bridgehead atoms. The molecule has 0 aliphatic heterocycles. The molecular weight excluding hydrogens is 342 g/mol. The van der Waals surface area contributed by atoms with Crippen LogP contribution in [-0.4, -0.2) is 15.6 Å². The van der Waals surface area contributed by atoms with Crippen LogP contribution in [0.25, 0.3) is 16.7 Å². The Bertz CT molecular complexity index is 1230. The molecule has 2 aromatic carbocycles. The number of H-pyrrole nitrogens is 1. The number of aromatic nitrogens is 2. The van der Waals surface area contributed by atoms with Gasteiger partial charge in [0.15, 0.2) is 0 Å². The third-order valence-corrected chi connectivity index (χ3v) is 5.54. The van der Waals surface area contributed by atoms with Crippen molar-refractivity contribution in [3.63, 3.8) is 0 Å². The SMILES string of the molecule is CSc1ccc(Cc2c(C)c(C#N)c3[nH]c4ccccc4n3c2=O)cc1. The molecule has 0 unspecified atom stereocenters. The third-order valence-electron chi connectivity index (χ3n) is 4.80. The minimum atomic E-state index is -0.0668. The van der Waals surface area contributed by atoms with Crippen LogP contribution in [0.4, 0.5) is 0 Å². The highest BCUT2D eigenvalue weighted by molar-refractivity contribution is 7.98. The van der Waals surface area contributed by atoms with E-state index in [1.807, 2.05) is 49.6 Å². The lowest BCUT2D eigenvalue weighted by molar-refractivity contribution is 1.02. The third kappa shape index (κ3) is 2.51. The molecule has 0 saturated heterocycles. The number of benzene rings is 2. The fourth-order valence-corrected chi connectivity index (χ4v) is 3.79. The fraction of sp³-hybridized carbons (Fsp3) is 0.143. The lowest BCUT2D eigenvalue weighted by Gasteiger charge is -2.10. The van der Waals surface area contributed by atoms with Crippen LogP contribution in [0.15, 0.2) is 58.2 Å². The van der Waals surface area contributed by atoms with Gasteiger partial charge in [0.05, 0.1) is 16.6 Å². The minimum Gasteiger partial charge on any atom is -0.338 e. The van der Waals surface area contributed by atoms with Crippen molar-refractivity contribution in [2.75, 3.05) is 6.26 Å². The van der Waals surface area contributed by atoms with Crippen LogP contribution in [0.5, 0.6) is 0 Å². The van der Waals surface area contributed by atoms with Gasteiger partial charge in [-0.15, -0.1) is 11.8 Å². The molecule has 2 aromatic heterocycles. The Kier molecular flexibility index (Phi) is 4.06. The summed E-state index contributed by atoms with van der Waals surface area (Å²) in [6.45, 7) is 1.86. The monoisotopic (exact) mass is 359 g/mol. The zero-order valence-corrected chi connectivity index (χ0v) is 15.4. The predicted octanol–water partition coefficient (Wildman–Crippen LogP) is 4.27. The number of hydrogen-bond donors (Lipinski definition) is 1. The van der Waals surface area contributed by atoms with E-state index < -0.39 is 0 Å². The van der Waals surface area contributed by atoms with Crippen LogP contribution in [0.3, 0.4) is 0 Å². The molecule has 0 amide bonds. The summed E-state index contributed by atoms with van der Waals surface area (Å²) in [5.41, 5.74) is 5.15. The molecule has 128 valence electrons. The maximum absolute atomic E-state index is 13.2. The number of nitriles is 1. The van der Waals surface area contributed by atoms with E-state index in [1.54, 1.807) is 16.2 Å². The number of imidazole rings is 1. The first kappa shape index (κ1) is 16.5. The molecule has 0 radical (unpaired) electrons. The van der Waals surface area contributed by atoms with Gasteiger partial charge >= 0.3 is 0 Å². The topological polar surface area (TPSA) is 61.1 Å². The number of rotatable bonds is 3. The molecule has 1 N–H and O–H groups in total. The first-order chi connectivity index (χ1) is 12.6. The Balaban J connectivity index is 1.98. The smallest absolute Gasteiger partial charge is 0.260 e. The van der Waals surface area contributed by atoms with E-state index in [4.69, 9.17) is 0 Å². The molecule has 0 fully saturated rings. The lowest BCUT2D eigenvalue weighted by Crippen LogP contribution is -2.21. The first-order valence-corrected chi connectivity index (χ1v) is 9.54. The molecular formula is C21H17N3OS. The van der Waals surface area contributed by atoms with Crippen LogP contribution in [0, 0.1) is 18.3 Å². The van der Waals surface area contributed by atoms with Crippen molar-refractivity contribution in [2.45, 2.75) is 18.2 Å². The molecule has 0 aliphatic carbocycles. The molecule has 4 aromatic rings. The van der Waals surface area contributed by atoms with Gasteiger partial charge in [0, 0.05) is 16.9 Å². The number of nitrogens with one attached hydrogen (secondary N) is 1. The second-order valence-corrected chi connectivity index (χ2v) is 7.13. The van der Waals surface area contributed by atoms with Gasteiger partial charge in [-0.25, -0.2) is 0 Å². The number of pyridine rings is 1. The Morgan fingerprint density at radius 1 is 1.15 bits per heavy atom. The van der Waals surface area contributed by atoms with Crippen molar-refractivity contribution in [3.05, 3.63) is 81.1 Å². The Hall–Kier alpha value is -2.97. The van der Waals surface area contributed by atoms with Crippen LogP contribution >= 0.6 is 11.8 Å². The highest BCUT2D eigenvalue weighted by Gasteiger charge is 2.18. The molecule has 4 rings (SSSR count). The van der Waals surface area contributed by atoms with Crippen molar-refractivity contribution in [1.29, 1.82) is 5.26 Å². The van der Waals surface area contributed by atoms with Gasteiger partial charge in [0.2, 0.25) is 0 Å². The van der Waals surface area contributed by atoms with E-state index in [0.717, 1.165) is 22.2 Å². The maximum atomic E-state index is 13.2. The van der Waals surface area contributed by atoms with Gasteiger partial charge in [-0.3, -0.25) is 9.20 Å². The Labute approximate surface area is 155 Å². The average molecular weight is 359 g/mol. The standard InChI is InChI=1S/C21H17N3OS/c1-13-16(11-14-7-9-15(26-2)10-8-14)21(25)24-19-6-4-3-5-18(19)23-20(24)17(13)12-22/h3-10,23H,11H2,1-2H3. The molecule has 26 heavy (non-hydrogen) atoms. The van der Waals surface area contributed by atoms with Crippen molar-refractivity contribution in [3.8, 4) is 6.07 Å². The fourth-order valence-electron chi connectivity index (χ4n) is 3.38. The molecule has 0 aliphatic rings. The summed E-state index contributed by atoms with van der Waals surface area (Å²) in [5, 5.41) is 9.70. The molecule has 0 spiro atoms. The number of aromatic amines is 1. The summed E-state index contributed by atoms with van der Waals surface area (Å²) < 4.78 is 1.63. The van der Waals surface area contributed by atoms with Crippen LogP contribution in [0.2, 0.25) is 0 Å². The van der Waals surface area contributed by atoms with E-state index in [2.05, 4.69) is 23.2 Å². The zero-order chi connectivity index (χ0) is 18.3. The lowest BCUT2D eigenvalue weighted by atomic mass is 9.99. The van der Waals surface area contributed by atoms with Crippen molar-refractivity contribution < 1.29 is 0 Å². The van der Waals surface area contributed by atoms with Crippen molar-refractivity contribution >= 4 is 28.4 Å². The summed E-state index contributed by atoms with van der Waals surface area (Å²) in [6.07, 6.45) is 2.55. The first-order valence-electron chi connectivity index (χ1n) is 8.32. The van der Waals surface area contributed by atoms with Gasteiger partial charge in [-0.2, -0.15) is 5.26 Å². The Morgan fingerprint density at radius 2 is 1.88 bits per heavy atom. The average Bonchev–Trinajstić information content (AvgIpc) is 3.05. The highest BCUT2D eigenvalue weighted by Crippen LogP contribution is 2.23. The van der Waals surface area contributed by atoms with Crippen molar-refractivity contribution in [2.24, 2.45) is 0 Å². The largest absolute Gasteiger partial charge is 0.338 e. The van der Waals surface area contributed by atoms with E-state index in [0.29, 0.717) is 23.2 Å². The molecule has 2 heterocycles. The number of fused-ring (bicyclic) bond motifs is 3. The summed E-state index contributed by atoms with van der Waals surface area (Å²) >= 11 is 1.69. The van der Waals surface area contributed by atoms with Gasteiger partial charge < -0.3 is 4.98 Å². The zero-order valence-electron chi connectivity index (χ0n) is 14.5. The summed E-state index contributed by atoms with van der Waals surface area (Å²) in [6, 6.07) is 18.1. The number of para-hydroxylation sites is 2. The highest BCUT2D eigenvalue weighted by atomic mass is 32.2. The number of hydrogen-bond acceptors (Lipinski definition) is 3. The summed E-state index contributed by atoms with van der Waals surface area (Å²) in [4.78, 5) is 17.7.